The molecule has 4 heteroatoms. The number of hydrogen-bond donors (Lipinski definition) is 0. The first-order valence-corrected chi connectivity index (χ1v) is 7.93. The molecule has 2 rings (SSSR count). The summed E-state index contributed by atoms with van der Waals surface area (Å²) in [6, 6.07) is 5.87. The highest BCUT2D eigenvalue weighted by Gasteiger charge is 2.26. The summed E-state index contributed by atoms with van der Waals surface area (Å²) in [6.07, 6.45) is 4.62. The molecule has 0 aromatic heterocycles. The lowest BCUT2D eigenvalue weighted by Gasteiger charge is -2.33. The molecule has 3 nitrogen and oxygen atoms in total. The fourth-order valence-electron chi connectivity index (χ4n) is 2.78. The predicted molar refractivity (Wildman–Crippen MR) is 84.2 cm³/mol. The molecule has 0 N–H and O–H groups in total. The van der Waals surface area contributed by atoms with E-state index in [1.165, 1.54) is 12.8 Å². The molecule has 0 aliphatic heterocycles. The number of rotatable bonds is 3. The molecule has 1 fully saturated rings. The molecule has 1 aromatic rings. The van der Waals surface area contributed by atoms with Crippen LogP contribution in [0.3, 0.4) is 0 Å². The lowest BCUT2D eigenvalue weighted by atomic mass is 9.86. The molecule has 0 spiro atoms. The number of hydrogen-bond acceptors (Lipinski definition) is 2. The first kappa shape index (κ1) is 15.4. The first-order chi connectivity index (χ1) is 9.52. The summed E-state index contributed by atoms with van der Waals surface area (Å²) in [5, 5.41) is 0. The van der Waals surface area contributed by atoms with Gasteiger partial charge in [-0.05, 0) is 65.7 Å². The van der Waals surface area contributed by atoms with E-state index in [1.807, 2.05) is 24.1 Å². The smallest absolute Gasteiger partial charge is 0.255 e. The van der Waals surface area contributed by atoms with E-state index in [9.17, 15) is 4.79 Å². The van der Waals surface area contributed by atoms with Crippen molar-refractivity contribution in [2.75, 3.05) is 14.2 Å². The van der Waals surface area contributed by atoms with Crippen molar-refractivity contribution < 1.29 is 9.53 Å². The molecule has 110 valence electrons. The van der Waals surface area contributed by atoms with Gasteiger partial charge in [-0.1, -0.05) is 6.92 Å². The molecule has 0 bridgehead atoms. The maximum atomic E-state index is 12.7. The van der Waals surface area contributed by atoms with E-state index in [0.717, 1.165) is 23.2 Å². The van der Waals surface area contributed by atoms with Crippen LogP contribution in [0.5, 0.6) is 5.75 Å². The maximum Gasteiger partial charge on any atom is 0.255 e. The van der Waals surface area contributed by atoms with Crippen molar-refractivity contribution in [2.45, 2.75) is 38.6 Å². The van der Waals surface area contributed by atoms with Crippen LogP contribution in [0.1, 0.15) is 43.0 Å². The lowest BCUT2D eigenvalue weighted by molar-refractivity contribution is 0.0678. The molecule has 0 unspecified atom stereocenters. The van der Waals surface area contributed by atoms with E-state index >= 15 is 0 Å². The van der Waals surface area contributed by atoms with Crippen LogP contribution < -0.4 is 4.74 Å². The Hall–Kier alpha value is -1.03. The van der Waals surface area contributed by atoms with Gasteiger partial charge in [-0.25, -0.2) is 0 Å². The zero-order valence-corrected chi connectivity index (χ0v) is 13.9. The Balaban J connectivity index is 2.14. The quantitative estimate of drug-likeness (QED) is 0.829. The van der Waals surface area contributed by atoms with Crippen LogP contribution in [-0.4, -0.2) is 31.0 Å². The Kier molecular flexibility index (Phi) is 5.08. The Morgan fingerprint density at radius 2 is 1.95 bits per heavy atom. The van der Waals surface area contributed by atoms with Gasteiger partial charge in [0.15, 0.2) is 0 Å². The van der Waals surface area contributed by atoms with Crippen LogP contribution in [0.15, 0.2) is 22.7 Å². The monoisotopic (exact) mass is 339 g/mol. The second-order valence-electron chi connectivity index (χ2n) is 5.68. The minimum Gasteiger partial charge on any atom is -0.497 e. The third-order valence-corrected chi connectivity index (χ3v) is 4.95. The molecule has 1 aliphatic carbocycles. The second-order valence-corrected chi connectivity index (χ2v) is 6.53. The Morgan fingerprint density at radius 1 is 1.30 bits per heavy atom. The van der Waals surface area contributed by atoms with Crippen molar-refractivity contribution in [3.63, 3.8) is 0 Å². The van der Waals surface area contributed by atoms with Gasteiger partial charge >= 0.3 is 0 Å². The number of nitrogens with zero attached hydrogens (tertiary/aromatic N) is 1. The first-order valence-electron chi connectivity index (χ1n) is 7.13. The number of methoxy groups -OCH3 is 1. The van der Waals surface area contributed by atoms with Crippen LogP contribution >= 0.6 is 15.9 Å². The summed E-state index contributed by atoms with van der Waals surface area (Å²) >= 11 is 3.46. The Labute approximate surface area is 129 Å². The largest absolute Gasteiger partial charge is 0.497 e. The van der Waals surface area contributed by atoms with Gasteiger partial charge in [0, 0.05) is 17.6 Å². The van der Waals surface area contributed by atoms with Crippen molar-refractivity contribution in [1.82, 2.24) is 4.90 Å². The Morgan fingerprint density at radius 3 is 2.55 bits per heavy atom. The summed E-state index contributed by atoms with van der Waals surface area (Å²) in [7, 11) is 3.53. The molecule has 0 radical (unpaired) electrons. The molecule has 1 aliphatic rings. The standard InChI is InChI=1S/C16H22BrNO2/c1-11-4-6-12(7-5-11)18(2)16(19)14-10-13(20-3)8-9-15(14)17/h8-12H,4-7H2,1-3H3. The third kappa shape index (κ3) is 3.35. The molecule has 1 saturated carbocycles. The van der Waals surface area contributed by atoms with Gasteiger partial charge in [0.1, 0.15) is 5.75 Å². The van der Waals surface area contributed by atoms with Crippen LogP contribution in [-0.2, 0) is 0 Å². The van der Waals surface area contributed by atoms with Crippen molar-refractivity contribution >= 4 is 21.8 Å². The summed E-state index contributed by atoms with van der Waals surface area (Å²) in [5.74, 6) is 1.57. The van der Waals surface area contributed by atoms with Gasteiger partial charge in [0.05, 0.1) is 12.7 Å². The predicted octanol–water partition coefficient (Wildman–Crippen LogP) is 4.11. The number of carbonyl (C=O) groups is 1. The van der Waals surface area contributed by atoms with E-state index in [1.54, 1.807) is 13.2 Å². The Bertz CT molecular complexity index is 481. The summed E-state index contributed by atoms with van der Waals surface area (Å²) in [5.41, 5.74) is 0.672. The molecular weight excluding hydrogens is 318 g/mol. The van der Waals surface area contributed by atoms with Crippen LogP contribution in [0.2, 0.25) is 0 Å². The molecule has 1 aromatic carbocycles. The van der Waals surface area contributed by atoms with Crippen LogP contribution in [0, 0.1) is 5.92 Å². The van der Waals surface area contributed by atoms with Gasteiger partial charge in [-0.3, -0.25) is 4.79 Å². The average molecular weight is 340 g/mol. The minimum absolute atomic E-state index is 0.0651. The van der Waals surface area contributed by atoms with Gasteiger partial charge in [-0.2, -0.15) is 0 Å². The molecule has 1 amide bonds. The van der Waals surface area contributed by atoms with Gasteiger partial charge < -0.3 is 9.64 Å². The van der Waals surface area contributed by atoms with Crippen LogP contribution in [0.25, 0.3) is 0 Å². The number of benzene rings is 1. The van der Waals surface area contributed by atoms with Crippen LogP contribution in [0.4, 0.5) is 0 Å². The molecule has 0 heterocycles. The summed E-state index contributed by atoms with van der Waals surface area (Å²) in [6.45, 7) is 2.29. The maximum absolute atomic E-state index is 12.7. The fraction of sp³-hybridized carbons (Fsp3) is 0.562. The normalized spacial score (nSPS) is 22.4. The fourth-order valence-corrected chi connectivity index (χ4v) is 3.20. The van der Waals surface area contributed by atoms with Crippen molar-refractivity contribution in [1.29, 1.82) is 0 Å². The third-order valence-electron chi connectivity index (χ3n) is 4.26. The van der Waals surface area contributed by atoms with Gasteiger partial charge in [0.25, 0.3) is 5.91 Å². The van der Waals surface area contributed by atoms with Gasteiger partial charge in [-0.15, -0.1) is 0 Å². The van der Waals surface area contributed by atoms with E-state index in [2.05, 4.69) is 22.9 Å². The SMILES string of the molecule is COc1ccc(Br)c(C(=O)N(C)C2CCC(C)CC2)c1. The zero-order valence-electron chi connectivity index (χ0n) is 12.4. The van der Waals surface area contributed by atoms with Crippen molar-refractivity contribution in [3.8, 4) is 5.75 Å². The van der Waals surface area contributed by atoms with Gasteiger partial charge in [0.2, 0.25) is 0 Å². The van der Waals surface area contributed by atoms with E-state index in [-0.39, 0.29) is 5.91 Å². The van der Waals surface area contributed by atoms with E-state index in [4.69, 9.17) is 4.74 Å². The zero-order chi connectivity index (χ0) is 14.7. The summed E-state index contributed by atoms with van der Waals surface area (Å²) < 4.78 is 6.03. The van der Waals surface area contributed by atoms with Crippen molar-refractivity contribution in [2.24, 2.45) is 5.92 Å². The molecule has 20 heavy (non-hydrogen) atoms. The number of ether oxygens (including phenoxy) is 1. The molecular formula is C16H22BrNO2. The summed E-state index contributed by atoms with van der Waals surface area (Å²) in [4.78, 5) is 14.5. The second kappa shape index (κ2) is 6.61. The molecule has 0 atom stereocenters. The number of carbonyl (C=O) groups excluding carboxylic acids is 1. The topological polar surface area (TPSA) is 29.5 Å². The molecule has 0 saturated heterocycles. The number of halogens is 1. The highest BCUT2D eigenvalue weighted by molar-refractivity contribution is 9.10. The average Bonchev–Trinajstić information content (AvgIpc) is 2.47. The van der Waals surface area contributed by atoms with E-state index in [0.29, 0.717) is 17.4 Å². The highest BCUT2D eigenvalue weighted by atomic mass is 79.9. The minimum atomic E-state index is 0.0651. The van der Waals surface area contributed by atoms with E-state index < -0.39 is 0 Å². The highest BCUT2D eigenvalue weighted by Crippen LogP contribution is 2.29. The van der Waals surface area contributed by atoms with Crippen molar-refractivity contribution in [3.05, 3.63) is 28.2 Å². The number of amides is 1. The lowest BCUT2D eigenvalue weighted by Crippen LogP contribution is -2.39.